The van der Waals surface area contributed by atoms with Crippen molar-refractivity contribution in [1.82, 2.24) is 0 Å². The molecule has 1 heterocycles. The van der Waals surface area contributed by atoms with Crippen LogP contribution >= 0.6 is 0 Å². The fourth-order valence-corrected chi connectivity index (χ4v) is 3.52. The molecule has 0 radical (unpaired) electrons. The number of amides is 1. The Morgan fingerprint density at radius 1 is 0.968 bits per heavy atom. The van der Waals surface area contributed by atoms with Gasteiger partial charge >= 0.3 is 0 Å². The zero-order valence-electron chi connectivity index (χ0n) is 17.5. The molecule has 3 aromatic carbocycles. The third kappa shape index (κ3) is 5.16. The molecule has 0 aromatic heterocycles. The van der Waals surface area contributed by atoms with E-state index in [-0.39, 0.29) is 5.91 Å². The van der Waals surface area contributed by atoms with Crippen molar-refractivity contribution in [2.45, 2.75) is 6.61 Å². The van der Waals surface area contributed by atoms with E-state index in [0.717, 1.165) is 30.0 Å². The maximum Gasteiger partial charge on any atom is 0.255 e. The first-order valence-electron chi connectivity index (χ1n) is 10.3. The number of nitrogens with zero attached hydrogens (tertiary/aromatic N) is 1. The first kappa shape index (κ1) is 20.8. The third-order valence-electron chi connectivity index (χ3n) is 5.17. The minimum Gasteiger partial charge on any atom is -0.493 e. The number of carbonyl (C=O) groups is 1. The smallest absolute Gasteiger partial charge is 0.255 e. The van der Waals surface area contributed by atoms with E-state index in [1.165, 1.54) is 0 Å². The molecule has 6 nitrogen and oxygen atoms in total. The molecule has 0 bridgehead atoms. The summed E-state index contributed by atoms with van der Waals surface area (Å²) < 4.78 is 16.8. The van der Waals surface area contributed by atoms with E-state index in [4.69, 9.17) is 14.2 Å². The summed E-state index contributed by atoms with van der Waals surface area (Å²) >= 11 is 0. The summed E-state index contributed by atoms with van der Waals surface area (Å²) in [6.07, 6.45) is 0. The minimum absolute atomic E-state index is 0.200. The standard InChI is InChI=1S/C25H26N2O4/c1-29-24-17-20(11-12-23(24)31-18-19-7-3-2-4-8-19)25(28)26-21-9-5-6-10-22(21)27-13-15-30-16-14-27/h2-12,17H,13-16,18H2,1H3,(H,26,28). The molecule has 0 aliphatic carbocycles. The molecule has 6 heteroatoms. The highest BCUT2D eigenvalue weighted by Gasteiger charge is 2.17. The first-order valence-corrected chi connectivity index (χ1v) is 10.3. The maximum absolute atomic E-state index is 13.0. The molecule has 0 unspecified atom stereocenters. The Balaban J connectivity index is 1.48. The topological polar surface area (TPSA) is 60.0 Å². The molecule has 0 spiro atoms. The highest BCUT2D eigenvalue weighted by atomic mass is 16.5. The van der Waals surface area contributed by atoms with E-state index in [2.05, 4.69) is 10.2 Å². The monoisotopic (exact) mass is 418 g/mol. The Morgan fingerprint density at radius 3 is 2.48 bits per heavy atom. The van der Waals surface area contributed by atoms with Gasteiger partial charge in [0.15, 0.2) is 11.5 Å². The molecule has 31 heavy (non-hydrogen) atoms. The van der Waals surface area contributed by atoms with Crippen LogP contribution in [-0.2, 0) is 11.3 Å². The lowest BCUT2D eigenvalue weighted by Crippen LogP contribution is -2.36. The van der Waals surface area contributed by atoms with Crippen molar-refractivity contribution in [2.75, 3.05) is 43.6 Å². The number of hydrogen-bond acceptors (Lipinski definition) is 5. The second kappa shape index (κ2) is 10.00. The summed E-state index contributed by atoms with van der Waals surface area (Å²) in [5, 5.41) is 3.03. The molecular formula is C25H26N2O4. The molecule has 0 saturated carbocycles. The van der Waals surface area contributed by atoms with E-state index >= 15 is 0 Å². The number of para-hydroxylation sites is 2. The molecule has 1 saturated heterocycles. The Morgan fingerprint density at radius 2 is 1.71 bits per heavy atom. The zero-order valence-corrected chi connectivity index (χ0v) is 17.5. The average molecular weight is 418 g/mol. The fraction of sp³-hybridized carbons (Fsp3) is 0.240. The lowest BCUT2D eigenvalue weighted by atomic mass is 10.1. The fourth-order valence-electron chi connectivity index (χ4n) is 3.52. The van der Waals surface area contributed by atoms with Gasteiger partial charge < -0.3 is 24.4 Å². The summed E-state index contributed by atoms with van der Waals surface area (Å²) in [7, 11) is 1.57. The number of nitrogens with one attached hydrogen (secondary N) is 1. The van der Waals surface area contributed by atoms with Gasteiger partial charge in [-0.2, -0.15) is 0 Å². The van der Waals surface area contributed by atoms with E-state index in [1.807, 2.05) is 54.6 Å². The molecule has 1 N–H and O–H groups in total. The van der Waals surface area contributed by atoms with Crippen molar-refractivity contribution in [3.63, 3.8) is 0 Å². The SMILES string of the molecule is COc1cc(C(=O)Nc2ccccc2N2CCOCC2)ccc1OCc1ccccc1. The van der Waals surface area contributed by atoms with Crippen LogP contribution in [0.2, 0.25) is 0 Å². The normalized spacial score (nSPS) is 13.5. The summed E-state index contributed by atoms with van der Waals surface area (Å²) in [6, 6.07) is 22.9. The van der Waals surface area contributed by atoms with Crippen LogP contribution in [0, 0.1) is 0 Å². The van der Waals surface area contributed by atoms with E-state index in [9.17, 15) is 4.79 Å². The van der Waals surface area contributed by atoms with Gasteiger partial charge in [0.2, 0.25) is 0 Å². The quantitative estimate of drug-likeness (QED) is 0.618. The van der Waals surface area contributed by atoms with Crippen LogP contribution in [0.4, 0.5) is 11.4 Å². The van der Waals surface area contributed by atoms with Gasteiger partial charge in [-0.1, -0.05) is 42.5 Å². The zero-order chi connectivity index (χ0) is 21.5. The predicted octanol–water partition coefficient (Wildman–Crippen LogP) is 4.36. The van der Waals surface area contributed by atoms with Crippen molar-refractivity contribution in [2.24, 2.45) is 0 Å². The molecule has 0 atom stereocenters. The summed E-state index contributed by atoms with van der Waals surface area (Å²) in [6.45, 7) is 3.39. The van der Waals surface area contributed by atoms with Crippen LogP contribution in [0.5, 0.6) is 11.5 Å². The van der Waals surface area contributed by atoms with E-state index in [1.54, 1.807) is 25.3 Å². The van der Waals surface area contributed by atoms with Gasteiger partial charge in [0.05, 0.1) is 31.7 Å². The number of morpholine rings is 1. The highest BCUT2D eigenvalue weighted by molar-refractivity contribution is 6.06. The summed E-state index contributed by atoms with van der Waals surface area (Å²) in [5.41, 5.74) is 3.33. The Kier molecular flexibility index (Phi) is 6.69. The van der Waals surface area contributed by atoms with E-state index < -0.39 is 0 Å². The van der Waals surface area contributed by atoms with Crippen LogP contribution in [-0.4, -0.2) is 39.3 Å². The number of methoxy groups -OCH3 is 1. The maximum atomic E-state index is 13.0. The average Bonchev–Trinajstić information content (AvgIpc) is 2.84. The van der Waals surface area contributed by atoms with Gasteiger partial charge in [0, 0.05) is 18.7 Å². The highest BCUT2D eigenvalue weighted by Crippen LogP contribution is 2.31. The van der Waals surface area contributed by atoms with Gasteiger partial charge in [-0.25, -0.2) is 0 Å². The van der Waals surface area contributed by atoms with Crippen molar-refractivity contribution >= 4 is 17.3 Å². The number of ether oxygens (including phenoxy) is 3. The molecule has 1 aliphatic heterocycles. The van der Waals surface area contributed by atoms with Crippen LogP contribution in [0.1, 0.15) is 15.9 Å². The van der Waals surface area contributed by atoms with Gasteiger partial charge in [-0.3, -0.25) is 4.79 Å². The van der Waals surface area contributed by atoms with Gasteiger partial charge in [0.1, 0.15) is 6.61 Å². The largest absolute Gasteiger partial charge is 0.493 e. The Labute approximate surface area is 182 Å². The van der Waals surface area contributed by atoms with Gasteiger partial charge in [-0.15, -0.1) is 0 Å². The molecule has 160 valence electrons. The molecule has 3 aromatic rings. The second-order valence-corrected chi connectivity index (χ2v) is 7.21. The third-order valence-corrected chi connectivity index (χ3v) is 5.17. The van der Waals surface area contributed by atoms with Gasteiger partial charge in [-0.05, 0) is 35.9 Å². The number of rotatable bonds is 7. The first-order chi connectivity index (χ1) is 15.2. The Hall–Kier alpha value is -3.51. The molecule has 4 rings (SSSR count). The van der Waals surface area contributed by atoms with Crippen LogP contribution in [0.25, 0.3) is 0 Å². The summed E-state index contributed by atoms with van der Waals surface area (Å²) in [5.74, 6) is 0.912. The number of carbonyl (C=O) groups excluding carboxylic acids is 1. The number of anilines is 2. The molecule has 1 aliphatic rings. The van der Waals surface area contributed by atoms with E-state index in [0.29, 0.717) is 36.9 Å². The lowest BCUT2D eigenvalue weighted by molar-refractivity contribution is 0.102. The molecule has 1 fully saturated rings. The van der Waals surface area contributed by atoms with Crippen LogP contribution < -0.4 is 19.7 Å². The second-order valence-electron chi connectivity index (χ2n) is 7.21. The summed E-state index contributed by atoms with van der Waals surface area (Å²) in [4.78, 5) is 15.2. The Bertz CT molecular complexity index is 1020. The van der Waals surface area contributed by atoms with Crippen molar-refractivity contribution in [3.8, 4) is 11.5 Å². The number of benzene rings is 3. The van der Waals surface area contributed by atoms with Crippen LogP contribution in [0.15, 0.2) is 72.8 Å². The van der Waals surface area contributed by atoms with Crippen molar-refractivity contribution in [1.29, 1.82) is 0 Å². The van der Waals surface area contributed by atoms with Gasteiger partial charge in [0.25, 0.3) is 5.91 Å². The minimum atomic E-state index is -0.200. The lowest BCUT2D eigenvalue weighted by Gasteiger charge is -2.30. The van der Waals surface area contributed by atoms with Crippen LogP contribution in [0.3, 0.4) is 0 Å². The van der Waals surface area contributed by atoms with Crippen molar-refractivity contribution in [3.05, 3.63) is 83.9 Å². The number of hydrogen-bond donors (Lipinski definition) is 1. The predicted molar refractivity (Wildman–Crippen MR) is 121 cm³/mol. The van der Waals surface area contributed by atoms with Crippen molar-refractivity contribution < 1.29 is 19.0 Å². The molecular weight excluding hydrogens is 392 g/mol. The molecule has 1 amide bonds.